The first kappa shape index (κ1) is 18.8. The van der Waals surface area contributed by atoms with Crippen LogP contribution in [0.15, 0.2) is 11.8 Å². The Kier molecular flexibility index (Phi) is 5.21. The first-order chi connectivity index (χ1) is 9.73. The van der Waals surface area contributed by atoms with Crippen molar-refractivity contribution in [1.29, 1.82) is 0 Å². The maximum atomic E-state index is 12.4. The molecule has 1 aliphatic carbocycles. The minimum Gasteiger partial charge on any atom is -0.459 e. The van der Waals surface area contributed by atoms with Crippen molar-refractivity contribution in [2.24, 2.45) is 11.8 Å². The summed E-state index contributed by atoms with van der Waals surface area (Å²) in [5.74, 6) is -2.49. The number of esters is 1. The predicted molar refractivity (Wildman–Crippen MR) is 71.9 cm³/mol. The van der Waals surface area contributed by atoms with Crippen LogP contribution in [0.4, 0.5) is 13.2 Å². The highest BCUT2D eigenvalue weighted by Crippen LogP contribution is 2.35. The Morgan fingerprint density at radius 2 is 1.82 bits per heavy atom. The molecule has 0 amide bonds. The molecule has 0 N–H and O–H groups in total. The highest BCUT2D eigenvalue weighted by atomic mass is 32.2. The molecule has 128 valence electrons. The standard InChI is InChI=1S/C13H19F3O5S/c1-8-5-6-10(21-22(18,19)13(14,15)16)9(7-8)11(17)20-12(2,3)4/h6,8-9H,5,7H2,1-4H3. The molecule has 0 aromatic carbocycles. The lowest BCUT2D eigenvalue weighted by atomic mass is 9.86. The lowest BCUT2D eigenvalue weighted by Gasteiger charge is -2.29. The van der Waals surface area contributed by atoms with Crippen LogP contribution in [-0.2, 0) is 23.8 Å². The summed E-state index contributed by atoms with van der Waals surface area (Å²) < 4.78 is 68.7. The number of carbonyl (C=O) groups is 1. The van der Waals surface area contributed by atoms with E-state index in [9.17, 15) is 26.4 Å². The van der Waals surface area contributed by atoms with Crippen LogP contribution in [0.1, 0.15) is 40.5 Å². The molecule has 9 heteroatoms. The monoisotopic (exact) mass is 344 g/mol. The first-order valence-electron chi connectivity index (χ1n) is 6.66. The number of hydrogen-bond acceptors (Lipinski definition) is 5. The van der Waals surface area contributed by atoms with Gasteiger partial charge in [-0.3, -0.25) is 4.79 Å². The number of carbonyl (C=O) groups excluding carboxylic acids is 1. The van der Waals surface area contributed by atoms with E-state index in [1.165, 1.54) is 6.08 Å². The molecule has 0 aromatic heterocycles. The van der Waals surface area contributed by atoms with Gasteiger partial charge in [0.2, 0.25) is 0 Å². The van der Waals surface area contributed by atoms with Crippen molar-refractivity contribution in [3.8, 4) is 0 Å². The summed E-state index contributed by atoms with van der Waals surface area (Å²) in [6.07, 6.45) is 1.68. The summed E-state index contributed by atoms with van der Waals surface area (Å²) in [6.45, 7) is 6.61. The third-order valence-electron chi connectivity index (χ3n) is 2.88. The highest BCUT2D eigenvalue weighted by molar-refractivity contribution is 7.87. The van der Waals surface area contributed by atoms with Crippen molar-refractivity contribution in [2.45, 2.75) is 51.6 Å². The number of alkyl halides is 3. The molecule has 0 saturated heterocycles. The molecule has 0 spiro atoms. The Balaban J connectivity index is 3.02. The largest absolute Gasteiger partial charge is 0.534 e. The fraction of sp³-hybridized carbons (Fsp3) is 0.769. The van der Waals surface area contributed by atoms with Crippen molar-refractivity contribution >= 4 is 16.1 Å². The third-order valence-corrected chi connectivity index (χ3v) is 3.86. The zero-order valence-corrected chi connectivity index (χ0v) is 13.5. The van der Waals surface area contributed by atoms with E-state index in [4.69, 9.17) is 4.74 Å². The fourth-order valence-electron chi connectivity index (χ4n) is 1.93. The second-order valence-corrected chi connectivity index (χ2v) is 7.79. The van der Waals surface area contributed by atoms with Gasteiger partial charge in [0, 0.05) is 0 Å². The second-order valence-electron chi connectivity index (χ2n) is 6.25. The number of halogens is 3. The SMILES string of the molecule is CC1CC=C(OS(=O)(=O)C(F)(F)F)C(C(=O)OC(C)(C)C)C1. The van der Waals surface area contributed by atoms with Crippen LogP contribution < -0.4 is 0 Å². The minimum absolute atomic E-state index is 0.00143. The van der Waals surface area contributed by atoms with Gasteiger partial charge in [-0.25, -0.2) is 0 Å². The van der Waals surface area contributed by atoms with Gasteiger partial charge in [0.1, 0.15) is 17.3 Å². The van der Waals surface area contributed by atoms with E-state index in [-0.39, 0.29) is 12.3 Å². The van der Waals surface area contributed by atoms with E-state index in [2.05, 4.69) is 4.18 Å². The van der Waals surface area contributed by atoms with Crippen LogP contribution in [-0.4, -0.2) is 25.5 Å². The molecule has 0 aromatic rings. The molecular weight excluding hydrogens is 325 g/mol. The van der Waals surface area contributed by atoms with Crippen LogP contribution in [0, 0.1) is 11.8 Å². The third kappa shape index (κ3) is 4.89. The molecule has 1 aliphatic rings. The van der Waals surface area contributed by atoms with E-state index >= 15 is 0 Å². The predicted octanol–water partition coefficient (Wildman–Crippen LogP) is 3.12. The normalized spacial score (nSPS) is 23.7. The summed E-state index contributed by atoms with van der Waals surface area (Å²) in [5, 5.41) is 0. The zero-order chi connectivity index (χ0) is 17.3. The lowest BCUT2D eigenvalue weighted by Crippen LogP contribution is -2.34. The molecule has 0 bridgehead atoms. The first-order valence-corrected chi connectivity index (χ1v) is 8.07. The summed E-state index contributed by atoms with van der Waals surface area (Å²) in [5.41, 5.74) is -6.39. The number of ether oxygens (including phenoxy) is 1. The van der Waals surface area contributed by atoms with E-state index in [1.807, 2.05) is 0 Å². The summed E-state index contributed by atoms with van der Waals surface area (Å²) in [7, 11) is -5.80. The summed E-state index contributed by atoms with van der Waals surface area (Å²) in [6, 6.07) is 0. The van der Waals surface area contributed by atoms with Crippen molar-refractivity contribution in [3.63, 3.8) is 0 Å². The van der Waals surface area contributed by atoms with Gasteiger partial charge in [-0.15, -0.1) is 0 Å². The van der Waals surface area contributed by atoms with E-state index in [0.717, 1.165) is 0 Å². The van der Waals surface area contributed by atoms with E-state index in [0.29, 0.717) is 6.42 Å². The van der Waals surface area contributed by atoms with Crippen LogP contribution in [0.2, 0.25) is 0 Å². The highest BCUT2D eigenvalue weighted by Gasteiger charge is 2.50. The molecule has 1 rings (SSSR count). The number of hydrogen-bond donors (Lipinski definition) is 0. The maximum Gasteiger partial charge on any atom is 0.534 e. The molecule has 0 saturated carbocycles. The van der Waals surface area contributed by atoms with E-state index < -0.39 is 38.9 Å². The van der Waals surface area contributed by atoms with Gasteiger partial charge in [0.15, 0.2) is 0 Å². The summed E-state index contributed by atoms with van der Waals surface area (Å²) in [4.78, 5) is 12.1. The molecule has 0 fully saturated rings. The van der Waals surface area contributed by atoms with Gasteiger partial charge in [-0.2, -0.15) is 21.6 Å². The van der Waals surface area contributed by atoms with Gasteiger partial charge < -0.3 is 8.92 Å². The Morgan fingerprint density at radius 3 is 2.27 bits per heavy atom. The Bertz CT molecular complexity index is 557. The maximum absolute atomic E-state index is 12.4. The minimum atomic E-state index is -5.80. The van der Waals surface area contributed by atoms with Crippen LogP contribution >= 0.6 is 0 Å². The smallest absolute Gasteiger partial charge is 0.459 e. The van der Waals surface area contributed by atoms with Crippen molar-refractivity contribution < 1.29 is 35.3 Å². The quantitative estimate of drug-likeness (QED) is 0.447. The van der Waals surface area contributed by atoms with Crippen LogP contribution in [0.25, 0.3) is 0 Å². The Morgan fingerprint density at radius 1 is 1.27 bits per heavy atom. The average Bonchev–Trinajstić information content (AvgIpc) is 2.27. The molecule has 2 atom stereocenters. The van der Waals surface area contributed by atoms with Crippen LogP contribution in [0.5, 0.6) is 0 Å². The molecule has 5 nitrogen and oxygen atoms in total. The molecular formula is C13H19F3O5S. The van der Waals surface area contributed by atoms with Gasteiger partial charge in [0.05, 0.1) is 0 Å². The second kappa shape index (κ2) is 6.10. The summed E-state index contributed by atoms with van der Waals surface area (Å²) >= 11 is 0. The van der Waals surface area contributed by atoms with Crippen LogP contribution in [0.3, 0.4) is 0 Å². The van der Waals surface area contributed by atoms with E-state index in [1.54, 1.807) is 27.7 Å². The van der Waals surface area contributed by atoms with Gasteiger partial charge >= 0.3 is 21.6 Å². The van der Waals surface area contributed by atoms with Gasteiger partial charge in [-0.05, 0) is 45.6 Å². The average molecular weight is 344 g/mol. The van der Waals surface area contributed by atoms with Gasteiger partial charge in [-0.1, -0.05) is 6.92 Å². The van der Waals surface area contributed by atoms with Gasteiger partial charge in [0.25, 0.3) is 0 Å². The van der Waals surface area contributed by atoms with Crippen molar-refractivity contribution in [2.75, 3.05) is 0 Å². The Labute approximate surface area is 127 Å². The number of allylic oxidation sites excluding steroid dienone is 1. The molecule has 0 aliphatic heterocycles. The molecule has 0 heterocycles. The topological polar surface area (TPSA) is 69.7 Å². The Hall–Kier alpha value is -1.25. The fourth-order valence-corrected chi connectivity index (χ4v) is 2.46. The molecule has 2 unspecified atom stereocenters. The zero-order valence-electron chi connectivity index (χ0n) is 12.7. The number of rotatable bonds is 3. The molecule has 22 heavy (non-hydrogen) atoms. The van der Waals surface area contributed by atoms with Crippen molar-refractivity contribution in [1.82, 2.24) is 0 Å². The van der Waals surface area contributed by atoms with Crippen molar-refractivity contribution in [3.05, 3.63) is 11.8 Å². The lowest BCUT2D eigenvalue weighted by molar-refractivity contribution is -0.160. The molecule has 0 radical (unpaired) electrons.